The monoisotopic (exact) mass is 569 g/mol. The lowest BCUT2D eigenvalue weighted by Crippen LogP contribution is -2.43. The van der Waals surface area contributed by atoms with Crippen LogP contribution in [0, 0.1) is 5.82 Å². The van der Waals surface area contributed by atoms with Crippen LogP contribution in [-0.4, -0.2) is 41.7 Å². The summed E-state index contributed by atoms with van der Waals surface area (Å²) in [5.74, 6) is -0.180. The molecule has 1 saturated carbocycles. The highest BCUT2D eigenvalue weighted by Gasteiger charge is 2.41. The fourth-order valence-corrected chi connectivity index (χ4v) is 4.47. The molecule has 1 amide bonds. The van der Waals surface area contributed by atoms with E-state index in [0.29, 0.717) is 22.6 Å². The lowest BCUT2D eigenvalue weighted by atomic mass is 9.98. The predicted octanol–water partition coefficient (Wildman–Crippen LogP) is 5.43. The van der Waals surface area contributed by atoms with Crippen molar-refractivity contribution < 1.29 is 31.8 Å². The third-order valence-corrected chi connectivity index (χ3v) is 6.74. The van der Waals surface area contributed by atoms with Gasteiger partial charge in [0.15, 0.2) is 11.5 Å². The van der Waals surface area contributed by atoms with Crippen molar-refractivity contribution in [1.82, 2.24) is 29.5 Å². The van der Waals surface area contributed by atoms with Gasteiger partial charge >= 0.3 is 12.3 Å². The van der Waals surface area contributed by atoms with Gasteiger partial charge in [-0.3, -0.25) is 4.90 Å². The van der Waals surface area contributed by atoms with Crippen molar-refractivity contribution in [3.63, 3.8) is 0 Å². The number of aromatic nitrogens is 6. The maximum Gasteiger partial charge on any atom is 0.434 e. The van der Waals surface area contributed by atoms with Crippen LogP contribution in [0.5, 0.6) is 5.88 Å². The Labute approximate surface area is 231 Å². The number of carbonyl (C=O) groups excluding carboxylic acids is 1. The van der Waals surface area contributed by atoms with E-state index in [1.165, 1.54) is 36.6 Å². The second-order valence-electron chi connectivity index (χ2n) is 10.3. The van der Waals surface area contributed by atoms with Crippen molar-refractivity contribution in [2.75, 3.05) is 4.90 Å². The molecule has 212 valence electrons. The highest BCUT2D eigenvalue weighted by molar-refractivity contribution is 5.90. The normalized spacial score (nSPS) is 16.4. The van der Waals surface area contributed by atoms with Gasteiger partial charge in [-0.25, -0.2) is 34.1 Å². The van der Waals surface area contributed by atoms with Crippen molar-refractivity contribution in [3.8, 4) is 28.7 Å². The standard InChI is InChI=1S/C27H23F4N7O3/c1-26(2)18-10-33-21(17-9-32-13-34-24(17)40-15-5-6-15)36-23(18)38(25(39)41-26)11-14-4-7-16(19(28)8-14)22-35-20(12-37(22)3)27(29,30)31/h4,7-10,12-13,15H,5-6,11H2,1-3H3. The van der Waals surface area contributed by atoms with E-state index in [2.05, 4.69) is 24.9 Å². The molecule has 0 spiro atoms. The van der Waals surface area contributed by atoms with Crippen LogP contribution in [0.1, 0.15) is 43.5 Å². The number of hydrogen-bond donors (Lipinski definition) is 0. The molecule has 6 rings (SSSR count). The van der Waals surface area contributed by atoms with Gasteiger partial charge in [0.05, 0.1) is 23.2 Å². The second kappa shape index (κ2) is 9.49. The van der Waals surface area contributed by atoms with Gasteiger partial charge in [-0.1, -0.05) is 6.07 Å². The molecule has 1 fully saturated rings. The number of fused-ring (bicyclic) bond motifs is 1. The van der Waals surface area contributed by atoms with E-state index in [0.717, 1.165) is 29.7 Å². The highest BCUT2D eigenvalue weighted by Crippen LogP contribution is 2.40. The van der Waals surface area contributed by atoms with Gasteiger partial charge < -0.3 is 14.0 Å². The average Bonchev–Trinajstić information content (AvgIpc) is 3.64. The van der Waals surface area contributed by atoms with Gasteiger partial charge in [0.25, 0.3) is 0 Å². The summed E-state index contributed by atoms with van der Waals surface area (Å²) in [7, 11) is 1.35. The maximum atomic E-state index is 15.2. The van der Waals surface area contributed by atoms with Crippen molar-refractivity contribution in [2.24, 2.45) is 7.05 Å². The Morgan fingerprint density at radius 3 is 2.59 bits per heavy atom. The first kappa shape index (κ1) is 26.6. The average molecular weight is 570 g/mol. The number of nitrogens with zero attached hydrogens (tertiary/aromatic N) is 7. The van der Waals surface area contributed by atoms with Crippen molar-refractivity contribution >= 4 is 11.9 Å². The minimum Gasteiger partial charge on any atom is -0.474 e. The SMILES string of the molecule is Cn1cc(C(F)(F)F)nc1-c1ccc(CN2C(=O)OC(C)(C)c3cnc(-c4cncnc4OC4CC4)nc32)cc1F. The van der Waals surface area contributed by atoms with Crippen LogP contribution in [0.15, 0.2) is 43.1 Å². The number of hydrogen-bond acceptors (Lipinski definition) is 8. The first-order valence-corrected chi connectivity index (χ1v) is 12.6. The maximum absolute atomic E-state index is 15.2. The number of anilines is 1. The molecule has 0 unspecified atom stereocenters. The molecule has 0 N–H and O–H groups in total. The molecule has 41 heavy (non-hydrogen) atoms. The summed E-state index contributed by atoms with van der Waals surface area (Å²) in [5.41, 5.74) is -0.981. The fraction of sp³-hybridized carbons (Fsp3) is 0.333. The van der Waals surface area contributed by atoms with E-state index in [9.17, 15) is 18.0 Å². The molecule has 4 heterocycles. The predicted molar refractivity (Wildman–Crippen MR) is 136 cm³/mol. The number of alkyl halides is 3. The molecule has 1 aliphatic carbocycles. The van der Waals surface area contributed by atoms with Gasteiger partial charge in [0.1, 0.15) is 35.5 Å². The molecular formula is C27H23F4N7O3. The quantitative estimate of drug-likeness (QED) is 0.283. The number of cyclic esters (lactones) is 1. The largest absolute Gasteiger partial charge is 0.474 e. The van der Waals surface area contributed by atoms with E-state index in [-0.39, 0.29) is 35.7 Å². The molecule has 10 nitrogen and oxygen atoms in total. The highest BCUT2D eigenvalue weighted by atomic mass is 19.4. The lowest BCUT2D eigenvalue weighted by Gasteiger charge is -2.37. The Balaban J connectivity index is 1.35. The summed E-state index contributed by atoms with van der Waals surface area (Å²) in [4.78, 5) is 35.3. The number of benzene rings is 1. The molecule has 0 radical (unpaired) electrons. The van der Waals surface area contributed by atoms with Crippen LogP contribution in [0.4, 0.5) is 28.2 Å². The topological polar surface area (TPSA) is 108 Å². The van der Waals surface area contributed by atoms with E-state index in [1.54, 1.807) is 20.0 Å². The zero-order chi connectivity index (χ0) is 29.1. The van der Waals surface area contributed by atoms with Crippen LogP contribution in [-0.2, 0) is 30.1 Å². The number of rotatable bonds is 6. The lowest BCUT2D eigenvalue weighted by molar-refractivity contribution is -0.140. The molecule has 4 aromatic rings. The number of amides is 1. The molecule has 2 aliphatic rings. The Kier molecular flexibility index (Phi) is 6.16. The summed E-state index contributed by atoms with van der Waals surface area (Å²) in [5, 5.41) is 0. The molecular weight excluding hydrogens is 546 g/mol. The molecule has 3 aromatic heterocycles. The third kappa shape index (κ3) is 5.05. The summed E-state index contributed by atoms with van der Waals surface area (Å²) in [6.45, 7) is 3.27. The van der Waals surface area contributed by atoms with Gasteiger partial charge in [-0.05, 0) is 44.4 Å². The van der Waals surface area contributed by atoms with Crippen molar-refractivity contribution in [3.05, 3.63) is 65.8 Å². The Bertz CT molecular complexity index is 1670. The molecule has 14 heteroatoms. The van der Waals surface area contributed by atoms with Crippen LogP contribution >= 0.6 is 0 Å². The number of imidazole rings is 1. The number of ether oxygens (including phenoxy) is 2. The Hall–Kier alpha value is -4.62. The Morgan fingerprint density at radius 2 is 1.90 bits per heavy atom. The van der Waals surface area contributed by atoms with Gasteiger partial charge in [0.2, 0.25) is 5.88 Å². The van der Waals surface area contributed by atoms with Gasteiger partial charge in [-0.15, -0.1) is 0 Å². The van der Waals surface area contributed by atoms with E-state index in [4.69, 9.17) is 9.47 Å². The smallest absolute Gasteiger partial charge is 0.434 e. The van der Waals surface area contributed by atoms with Gasteiger partial charge in [-0.2, -0.15) is 13.2 Å². The molecule has 1 aliphatic heterocycles. The molecule has 1 aromatic carbocycles. The third-order valence-electron chi connectivity index (χ3n) is 6.74. The number of aryl methyl sites for hydroxylation is 1. The van der Waals surface area contributed by atoms with Crippen LogP contribution < -0.4 is 9.64 Å². The minimum atomic E-state index is -4.67. The fourth-order valence-electron chi connectivity index (χ4n) is 4.47. The summed E-state index contributed by atoms with van der Waals surface area (Å²) >= 11 is 0. The summed E-state index contributed by atoms with van der Waals surface area (Å²) in [6, 6.07) is 3.96. The molecule has 0 saturated heterocycles. The summed E-state index contributed by atoms with van der Waals surface area (Å²) in [6.07, 6.45) is 1.75. The van der Waals surface area contributed by atoms with Crippen LogP contribution in [0.25, 0.3) is 22.8 Å². The van der Waals surface area contributed by atoms with Crippen LogP contribution in [0.3, 0.4) is 0 Å². The van der Waals surface area contributed by atoms with Crippen molar-refractivity contribution in [1.29, 1.82) is 0 Å². The summed E-state index contributed by atoms with van der Waals surface area (Å²) < 4.78 is 67.2. The van der Waals surface area contributed by atoms with Gasteiger partial charge in [0, 0.05) is 25.6 Å². The van der Waals surface area contributed by atoms with Crippen LogP contribution in [0.2, 0.25) is 0 Å². The number of carbonyl (C=O) groups is 1. The van der Waals surface area contributed by atoms with Crippen molar-refractivity contribution in [2.45, 2.75) is 51.1 Å². The minimum absolute atomic E-state index is 0.0652. The van der Waals surface area contributed by atoms with E-state index >= 15 is 4.39 Å². The Morgan fingerprint density at radius 1 is 1.12 bits per heavy atom. The first-order chi connectivity index (χ1) is 19.4. The zero-order valence-electron chi connectivity index (χ0n) is 22.1. The first-order valence-electron chi connectivity index (χ1n) is 12.6. The van der Waals surface area contributed by atoms with E-state index < -0.39 is 29.4 Å². The zero-order valence-corrected chi connectivity index (χ0v) is 22.1. The molecule has 0 atom stereocenters. The second-order valence-corrected chi connectivity index (χ2v) is 10.3. The molecule has 0 bridgehead atoms. The van der Waals surface area contributed by atoms with E-state index in [1.807, 2.05) is 0 Å². The number of halogens is 4.